The molecule has 19 heavy (non-hydrogen) atoms. The lowest BCUT2D eigenvalue weighted by Crippen LogP contribution is -2.26. The monoisotopic (exact) mass is 299 g/mol. The first-order valence-corrected chi connectivity index (χ1v) is 6.42. The van der Waals surface area contributed by atoms with Crippen molar-refractivity contribution in [3.63, 3.8) is 0 Å². The minimum atomic E-state index is -0.0488. The zero-order valence-corrected chi connectivity index (χ0v) is 11.7. The maximum Gasteiger partial charge on any atom is 0.227 e. The number of rotatable bonds is 3. The molecule has 1 aromatic heterocycles. The van der Waals surface area contributed by atoms with E-state index in [2.05, 4.69) is 15.0 Å². The van der Waals surface area contributed by atoms with E-state index in [0.29, 0.717) is 30.4 Å². The minimum absolute atomic E-state index is 0.00884. The van der Waals surface area contributed by atoms with Gasteiger partial charge in [0.25, 0.3) is 0 Å². The predicted molar refractivity (Wildman–Crippen MR) is 73.5 cm³/mol. The fraction of sp³-hybridized carbons (Fsp3) is 0.455. The average Bonchev–Trinajstić information content (AvgIpc) is 2.67. The third kappa shape index (κ3) is 2.92. The Hall–Kier alpha value is -1.49. The Bertz CT molecular complexity index is 547. The molecule has 2 rings (SSSR count). The number of carbonyl (C=O) groups is 1. The van der Waals surface area contributed by atoms with E-state index < -0.39 is 0 Å². The van der Waals surface area contributed by atoms with Crippen LogP contribution in [0.15, 0.2) is 11.2 Å². The number of amides is 1. The van der Waals surface area contributed by atoms with Crippen molar-refractivity contribution in [1.29, 1.82) is 0 Å². The van der Waals surface area contributed by atoms with Crippen LogP contribution in [-0.4, -0.2) is 24.0 Å². The van der Waals surface area contributed by atoms with Gasteiger partial charge in [-0.1, -0.05) is 28.3 Å². The maximum absolute atomic E-state index is 12.0. The smallest absolute Gasteiger partial charge is 0.227 e. The molecule has 0 aliphatic carbocycles. The average molecular weight is 300 g/mol. The van der Waals surface area contributed by atoms with Crippen LogP contribution >= 0.6 is 23.2 Å². The van der Waals surface area contributed by atoms with Crippen LogP contribution in [0.5, 0.6) is 0 Å². The topological polar surface area (TPSA) is 82.0 Å². The predicted octanol–water partition coefficient (Wildman–Crippen LogP) is 3.36. The summed E-state index contributed by atoms with van der Waals surface area (Å²) in [6, 6.07) is 1.66. The number of aromatic nitrogens is 1. The number of pyridine rings is 1. The van der Waals surface area contributed by atoms with Gasteiger partial charge in [0.05, 0.1) is 5.69 Å². The summed E-state index contributed by atoms with van der Waals surface area (Å²) < 4.78 is 0. The molecule has 1 aliphatic heterocycles. The van der Waals surface area contributed by atoms with Crippen LogP contribution in [0.3, 0.4) is 0 Å². The summed E-state index contributed by atoms with van der Waals surface area (Å²) in [5.41, 5.74) is 9.69. The molecule has 100 valence electrons. The first-order chi connectivity index (χ1) is 9.02. The summed E-state index contributed by atoms with van der Waals surface area (Å²) in [4.78, 5) is 20.3. The molecule has 2 heterocycles. The molecule has 8 heteroatoms. The van der Waals surface area contributed by atoms with Crippen molar-refractivity contribution in [3.8, 4) is 0 Å². The van der Waals surface area contributed by atoms with Crippen LogP contribution in [-0.2, 0) is 4.79 Å². The molecule has 1 unspecified atom stereocenters. The highest BCUT2D eigenvalue weighted by Gasteiger charge is 2.32. The SMILES string of the molecule is Cc1cc(Cl)nc(Cl)c1N1CC(CN=[N+]=[N-])CC1=O. The molecule has 1 saturated heterocycles. The Morgan fingerprint density at radius 1 is 1.63 bits per heavy atom. The van der Waals surface area contributed by atoms with E-state index in [0.717, 1.165) is 5.56 Å². The van der Waals surface area contributed by atoms with E-state index in [9.17, 15) is 4.79 Å². The first-order valence-electron chi connectivity index (χ1n) is 5.66. The van der Waals surface area contributed by atoms with E-state index in [4.69, 9.17) is 28.7 Å². The van der Waals surface area contributed by atoms with Crippen molar-refractivity contribution in [2.75, 3.05) is 18.0 Å². The molecule has 0 spiro atoms. The Labute approximate surface area is 119 Å². The van der Waals surface area contributed by atoms with Crippen molar-refractivity contribution in [3.05, 3.63) is 32.4 Å². The van der Waals surface area contributed by atoms with Gasteiger partial charge in [-0.25, -0.2) is 4.98 Å². The van der Waals surface area contributed by atoms with Gasteiger partial charge in [0, 0.05) is 24.4 Å². The lowest BCUT2D eigenvalue weighted by Gasteiger charge is -2.20. The number of aryl methyl sites for hydroxylation is 1. The number of hydrogen-bond donors (Lipinski definition) is 0. The third-order valence-electron chi connectivity index (χ3n) is 2.99. The number of nitrogens with zero attached hydrogens (tertiary/aromatic N) is 5. The standard InChI is InChI=1S/C11H11Cl2N5O/c1-6-2-8(12)16-11(13)10(6)18-5-7(3-9(18)19)4-15-17-14/h2,7H,3-5H2,1H3. The number of halogens is 2. The summed E-state index contributed by atoms with van der Waals surface area (Å²) in [5, 5.41) is 4.01. The number of hydrogen-bond acceptors (Lipinski definition) is 3. The Kier molecular flexibility index (Phi) is 4.14. The van der Waals surface area contributed by atoms with Gasteiger partial charge >= 0.3 is 0 Å². The van der Waals surface area contributed by atoms with E-state index >= 15 is 0 Å². The first kappa shape index (κ1) is 13.9. The fourth-order valence-electron chi connectivity index (χ4n) is 2.18. The molecular weight excluding hydrogens is 289 g/mol. The van der Waals surface area contributed by atoms with Gasteiger partial charge in [0.2, 0.25) is 5.91 Å². The van der Waals surface area contributed by atoms with Gasteiger partial charge in [-0.15, -0.1) is 0 Å². The molecule has 0 radical (unpaired) electrons. The van der Waals surface area contributed by atoms with Crippen LogP contribution < -0.4 is 4.90 Å². The minimum Gasteiger partial charge on any atom is -0.309 e. The van der Waals surface area contributed by atoms with E-state index in [-0.39, 0.29) is 17.0 Å². The number of anilines is 1. The zero-order chi connectivity index (χ0) is 14.0. The Morgan fingerprint density at radius 2 is 2.37 bits per heavy atom. The second kappa shape index (κ2) is 5.65. The van der Waals surface area contributed by atoms with E-state index in [1.807, 2.05) is 6.92 Å². The molecule has 0 bridgehead atoms. The highest BCUT2D eigenvalue weighted by atomic mass is 35.5. The molecule has 1 aliphatic rings. The van der Waals surface area contributed by atoms with Crippen LogP contribution in [0, 0.1) is 12.8 Å². The molecule has 1 fully saturated rings. The quantitative estimate of drug-likeness (QED) is 0.371. The van der Waals surface area contributed by atoms with Crippen LogP contribution in [0.25, 0.3) is 10.4 Å². The van der Waals surface area contributed by atoms with Crippen molar-refractivity contribution >= 4 is 34.8 Å². The van der Waals surface area contributed by atoms with Crippen molar-refractivity contribution in [2.45, 2.75) is 13.3 Å². The van der Waals surface area contributed by atoms with E-state index in [1.54, 1.807) is 11.0 Å². The lowest BCUT2D eigenvalue weighted by molar-refractivity contribution is -0.117. The summed E-state index contributed by atoms with van der Waals surface area (Å²) in [7, 11) is 0. The Balaban J connectivity index is 2.28. The zero-order valence-electron chi connectivity index (χ0n) is 10.2. The van der Waals surface area contributed by atoms with Crippen LogP contribution in [0.4, 0.5) is 5.69 Å². The molecular formula is C11H11Cl2N5O. The third-order valence-corrected chi connectivity index (χ3v) is 3.44. The second-order valence-corrected chi connectivity index (χ2v) is 5.13. The highest BCUT2D eigenvalue weighted by molar-refractivity contribution is 6.35. The van der Waals surface area contributed by atoms with Gasteiger partial charge in [-0.3, -0.25) is 4.79 Å². The van der Waals surface area contributed by atoms with Crippen molar-refractivity contribution in [1.82, 2.24) is 4.98 Å². The largest absolute Gasteiger partial charge is 0.309 e. The molecule has 0 aromatic carbocycles. The van der Waals surface area contributed by atoms with Gasteiger partial charge in [-0.2, -0.15) is 0 Å². The van der Waals surface area contributed by atoms with Crippen LogP contribution in [0.2, 0.25) is 10.3 Å². The summed E-state index contributed by atoms with van der Waals surface area (Å²) in [5.74, 6) is -0.0400. The highest BCUT2D eigenvalue weighted by Crippen LogP contribution is 2.34. The molecule has 0 saturated carbocycles. The van der Waals surface area contributed by atoms with Crippen molar-refractivity contribution in [2.24, 2.45) is 11.0 Å². The van der Waals surface area contributed by atoms with Gasteiger partial charge in [0.15, 0.2) is 5.15 Å². The second-order valence-electron chi connectivity index (χ2n) is 4.39. The van der Waals surface area contributed by atoms with Gasteiger partial charge in [-0.05, 0) is 30.0 Å². The van der Waals surface area contributed by atoms with Gasteiger partial charge in [0.1, 0.15) is 5.15 Å². The molecule has 0 N–H and O–H groups in total. The number of carbonyl (C=O) groups excluding carboxylic acids is 1. The Morgan fingerprint density at radius 3 is 3.00 bits per heavy atom. The van der Waals surface area contributed by atoms with Crippen LogP contribution in [0.1, 0.15) is 12.0 Å². The van der Waals surface area contributed by atoms with Gasteiger partial charge < -0.3 is 4.90 Å². The summed E-state index contributed by atoms with van der Waals surface area (Å²) in [6.07, 6.45) is 0.345. The molecule has 1 amide bonds. The van der Waals surface area contributed by atoms with E-state index in [1.165, 1.54) is 0 Å². The molecule has 1 aromatic rings. The summed E-state index contributed by atoms with van der Waals surface area (Å²) >= 11 is 11.9. The fourth-order valence-corrected chi connectivity index (χ4v) is 2.82. The normalized spacial score (nSPS) is 18.6. The maximum atomic E-state index is 12.0. The lowest BCUT2D eigenvalue weighted by atomic mass is 10.1. The number of azide groups is 1. The molecule has 1 atom stereocenters. The summed E-state index contributed by atoms with van der Waals surface area (Å²) in [6.45, 7) is 2.60. The van der Waals surface area contributed by atoms with Crippen molar-refractivity contribution < 1.29 is 4.79 Å². The molecule has 6 nitrogen and oxygen atoms in total.